The minimum Gasteiger partial charge on any atom is -0.488 e. The molecule has 1 aliphatic rings. The summed E-state index contributed by atoms with van der Waals surface area (Å²) in [4.78, 5) is 33.0. The molecule has 1 atom stereocenters. The number of fused-ring (bicyclic) bond motifs is 1. The van der Waals surface area contributed by atoms with E-state index < -0.39 is 12.0 Å². The fourth-order valence-electron chi connectivity index (χ4n) is 5.00. The van der Waals surface area contributed by atoms with Crippen LogP contribution in [0, 0.1) is 0 Å². The SMILES string of the molecule is CCOC(=O)C1=C(c2ccccc2)N=c2s/c(=C\c3ccc(OCc4ccccc4)c(Br)c3)c(=O)n2[C@H]1c1ccccc1. The Morgan fingerprint density at radius 2 is 1.63 bits per heavy atom. The zero-order chi connectivity index (χ0) is 29.8. The zero-order valence-electron chi connectivity index (χ0n) is 23.3. The number of aromatic nitrogens is 1. The number of carbonyl (C=O) groups is 1. The van der Waals surface area contributed by atoms with Crippen molar-refractivity contribution in [3.8, 4) is 5.75 Å². The minimum atomic E-state index is -0.700. The molecule has 8 heteroatoms. The van der Waals surface area contributed by atoms with Crippen molar-refractivity contribution < 1.29 is 14.3 Å². The molecule has 1 aliphatic heterocycles. The van der Waals surface area contributed by atoms with Gasteiger partial charge in [0.1, 0.15) is 12.4 Å². The summed E-state index contributed by atoms with van der Waals surface area (Å²) in [5.41, 5.74) is 4.08. The molecule has 6 rings (SSSR count). The summed E-state index contributed by atoms with van der Waals surface area (Å²) >= 11 is 4.91. The van der Waals surface area contributed by atoms with E-state index in [2.05, 4.69) is 15.9 Å². The third kappa shape index (κ3) is 6.02. The number of halogens is 1. The van der Waals surface area contributed by atoms with Gasteiger partial charge >= 0.3 is 5.97 Å². The molecule has 0 saturated carbocycles. The number of carbonyl (C=O) groups excluding carboxylic acids is 1. The number of hydrogen-bond donors (Lipinski definition) is 0. The van der Waals surface area contributed by atoms with Crippen LogP contribution in [0.25, 0.3) is 11.8 Å². The molecular weight excluding hydrogens is 624 g/mol. The molecule has 0 spiro atoms. The van der Waals surface area contributed by atoms with Gasteiger partial charge in [0.15, 0.2) is 4.80 Å². The molecule has 2 heterocycles. The third-order valence-electron chi connectivity index (χ3n) is 6.98. The molecule has 214 valence electrons. The summed E-state index contributed by atoms with van der Waals surface area (Å²) in [6.07, 6.45) is 1.84. The van der Waals surface area contributed by atoms with Crippen molar-refractivity contribution in [3.05, 3.63) is 161 Å². The highest BCUT2D eigenvalue weighted by Crippen LogP contribution is 2.35. The van der Waals surface area contributed by atoms with Crippen molar-refractivity contribution in [1.82, 2.24) is 4.57 Å². The first-order valence-electron chi connectivity index (χ1n) is 13.8. The highest BCUT2D eigenvalue weighted by atomic mass is 79.9. The Bertz CT molecular complexity index is 1980. The predicted octanol–water partition coefficient (Wildman–Crippen LogP) is 6.28. The Labute approximate surface area is 261 Å². The Morgan fingerprint density at radius 1 is 0.953 bits per heavy atom. The number of hydrogen-bond acceptors (Lipinski definition) is 6. The van der Waals surface area contributed by atoms with Gasteiger partial charge in [0.2, 0.25) is 0 Å². The lowest BCUT2D eigenvalue weighted by Gasteiger charge is -2.25. The summed E-state index contributed by atoms with van der Waals surface area (Å²) in [7, 11) is 0. The molecule has 4 aromatic carbocycles. The second-order valence-corrected chi connectivity index (χ2v) is 11.7. The second kappa shape index (κ2) is 12.8. The molecule has 0 N–H and O–H groups in total. The van der Waals surface area contributed by atoms with Crippen LogP contribution in [0.15, 0.2) is 129 Å². The van der Waals surface area contributed by atoms with Gasteiger partial charge in [-0.25, -0.2) is 9.79 Å². The van der Waals surface area contributed by atoms with E-state index in [1.807, 2.05) is 115 Å². The lowest BCUT2D eigenvalue weighted by molar-refractivity contribution is -0.138. The summed E-state index contributed by atoms with van der Waals surface area (Å²) < 4.78 is 14.4. The Kier molecular flexibility index (Phi) is 8.49. The predicted molar refractivity (Wildman–Crippen MR) is 172 cm³/mol. The fourth-order valence-corrected chi connectivity index (χ4v) is 6.51. The number of benzene rings is 4. The van der Waals surface area contributed by atoms with Crippen LogP contribution in [-0.2, 0) is 16.1 Å². The largest absolute Gasteiger partial charge is 0.488 e. The van der Waals surface area contributed by atoms with Gasteiger partial charge in [-0.1, -0.05) is 108 Å². The van der Waals surface area contributed by atoms with E-state index in [0.29, 0.717) is 33.0 Å². The minimum absolute atomic E-state index is 0.205. The van der Waals surface area contributed by atoms with Gasteiger partial charge in [0.05, 0.1) is 32.9 Å². The van der Waals surface area contributed by atoms with E-state index in [4.69, 9.17) is 14.5 Å². The van der Waals surface area contributed by atoms with Crippen LogP contribution >= 0.6 is 27.3 Å². The summed E-state index contributed by atoms with van der Waals surface area (Å²) in [5.74, 6) is 0.210. The third-order valence-corrected chi connectivity index (χ3v) is 8.58. The van der Waals surface area contributed by atoms with Crippen LogP contribution in [0.1, 0.15) is 35.2 Å². The van der Waals surface area contributed by atoms with Crippen LogP contribution < -0.4 is 19.6 Å². The maximum absolute atomic E-state index is 14.1. The van der Waals surface area contributed by atoms with Gasteiger partial charge in [0.25, 0.3) is 5.56 Å². The molecule has 0 saturated heterocycles. The summed E-state index contributed by atoms with van der Waals surface area (Å²) in [6, 6.07) is 34.1. The van der Waals surface area contributed by atoms with E-state index in [0.717, 1.165) is 26.7 Å². The van der Waals surface area contributed by atoms with E-state index in [1.165, 1.54) is 11.3 Å². The molecule has 0 fully saturated rings. The van der Waals surface area contributed by atoms with Crippen LogP contribution in [0.3, 0.4) is 0 Å². The lowest BCUT2D eigenvalue weighted by Crippen LogP contribution is -2.39. The number of nitrogens with zero attached hydrogens (tertiary/aromatic N) is 2. The molecule has 6 nitrogen and oxygen atoms in total. The van der Waals surface area contributed by atoms with Crippen LogP contribution in [-0.4, -0.2) is 17.1 Å². The van der Waals surface area contributed by atoms with E-state index in [-0.39, 0.29) is 12.2 Å². The summed E-state index contributed by atoms with van der Waals surface area (Å²) in [6.45, 7) is 2.42. The Hall–Kier alpha value is -4.53. The van der Waals surface area contributed by atoms with Gasteiger partial charge in [-0.2, -0.15) is 0 Å². The van der Waals surface area contributed by atoms with Gasteiger partial charge in [-0.15, -0.1) is 0 Å². The van der Waals surface area contributed by atoms with Crippen molar-refractivity contribution in [2.45, 2.75) is 19.6 Å². The molecule has 43 heavy (non-hydrogen) atoms. The average Bonchev–Trinajstić information content (AvgIpc) is 3.35. The Balaban J connectivity index is 1.46. The molecule has 0 unspecified atom stereocenters. The summed E-state index contributed by atoms with van der Waals surface area (Å²) in [5, 5.41) is 0. The van der Waals surface area contributed by atoms with Crippen molar-refractivity contribution in [3.63, 3.8) is 0 Å². The van der Waals surface area contributed by atoms with Gasteiger partial charge in [0, 0.05) is 5.56 Å². The van der Waals surface area contributed by atoms with E-state index >= 15 is 0 Å². The van der Waals surface area contributed by atoms with Crippen molar-refractivity contribution in [2.24, 2.45) is 4.99 Å². The first-order valence-corrected chi connectivity index (χ1v) is 15.4. The fraction of sp³-hybridized carbons (Fsp3) is 0.114. The quantitative estimate of drug-likeness (QED) is 0.186. The van der Waals surface area contributed by atoms with Crippen LogP contribution in [0.4, 0.5) is 0 Å². The topological polar surface area (TPSA) is 69.9 Å². The molecule has 5 aromatic rings. The molecule has 0 aliphatic carbocycles. The molecule has 0 amide bonds. The number of rotatable bonds is 8. The normalized spacial score (nSPS) is 14.7. The maximum atomic E-state index is 14.1. The van der Waals surface area contributed by atoms with E-state index in [9.17, 15) is 9.59 Å². The molecule has 0 radical (unpaired) electrons. The second-order valence-electron chi connectivity index (χ2n) is 9.81. The van der Waals surface area contributed by atoms with Crippen molar-refractivity contribution >= 4 is 45.0 Å². The van der Waals surface area contributed by atoms with Crippen molar-refractivity contribution in [1.29, 1.82) is 0 Å². The first-order chi connectivity index (χ1) is 21.0. The first kappa shape index (κ1) is 28.6. The smallest absolute Gasteiger partial charge is 0.338 e. The van der Waals surface area contributed by atoms with Gasteiger partial charge in [-0.3, -0.25) is 9.36 Å². The lowest BCUT2D eigenvalue weighted by atomic mass is 9.93. The number of esters is 1. The van der Waals surface area contributed by atoms with Gasteiger partial charge in [-0.05, 0) is 57.8 Å². The van der Waals surface area contributed by atoms with Crippen molar-refractivity contribution in [2.75, 3.05) is 6.61 Å². The molecule has 1 aromatic heterocycles. The maximum Gasteiger partial charge on any atom is 0.338 e. The van der Waals surface area contributed by atoms with Crippen LogP contribution in [0.5, 0.6) is 5.75 Å². The highest BCUT2D eigenvalue weighted by molar-refractivity contribution is 9.10. The van der Waals surface area contributed by atoms with Crippen LogP contribution in [0.2, 0.25) is 0 Å². The monoisotopic (exact) mass is 650 g/mol. The van der Waals surface area contributed by atoms with E-state index in [1.54, 1.807) is 11.5 Å². The standard InChI is InChI=1S/C35H27BrN2O4S/c1-2-41-34(40)30-31(25-14-8-4-9-15-25)37-35-38(32(30)26-16-10-5-11-17-26)33(39)29(43-35)21-24-18-19-28(27(36)20-24)42-22-23-12-6-3-7-13-23/h3-21,32H,2,22H2,1H3/b29-21-/t32-/m0/s1. The molecule has 0 bridgehead atoms. The Morgan fingerprint density at radius 3 is 2.30 bits per heavy atom. The number of ether oxygens (including phenoxy) is 2. The number of thiazole rings is 1. The molecular formula is C35H27BrN2O4S. The van der Waals surface area contributed by atoms with Gasteiger partial charge < -0.3 is 9.47 Å². The highest BCUT2D eigenvalue weighted by Gasteiger charge is 2.35. The zero-order valence-corrected chi connectivity index (χ0v) is 25.7. The average molecular weight is 652 g/mol.